The summed E-state index contributed by atoms with van der Waals surface area (Å²) in [5, 5.41) is 12.0. The summed E-state index contributed by atoms with van der Waals surface area (Å²) in [6, 6.07) is 3.47. The fourth-order valence-corrected chi connectivity index (χ4v) is 2.79. The molecule has 2 rings (SSSR count). The van der Waals surface area contributed by atoms with Crippen LogP contribution in [-0.2, 0) is 9.53 Å². The molecule has 2 unspecified atom stereocenters. The summed E-state index contributed by atoms with van der Waals surface area (Å²) in [5.41, 5.74) is 0.477. The van der Waals surface area contributed by atoms with Crippen molar-refractivity contribution in [3.05, 3.63) is 23.9 Å². The fourth-order valence-electron chi connectivity index (χ4n) is 2.79. The van der Waals surface area contributed by atoms with E-state index >= 15 is 0 Å². The van der Waals surface area contributed by atoms with Crippen LogP contribution in [-0.4, -0.2) is 55.3 Å². The van der Waals surface area contributed by atoms with E-state index in [9.17, 15) is 14.7 Å². The predicted molar refractivity (Wildman–Crippen MR) is 85.6 cm³/mol. The van der Waals surface area contributed by atoms with E-state index in [0.717, 1.165) is 6.54 Å². The second kappa shape index (κ2) is 7.92. The second-order valence-corrected chi connectivity index (χ2v) is 5.93. The van der Waals surface area contributed by atoms with E-state index < -0.39 is 5.97 Å². The molecule has 2 atom stereocenters. The highest BCUT2D eigenvalue weighted by Gasteiger charge is 2.30. The summed E-state index contributed by atoms with van der Waals surface area (Å²) >= 11 is 0. The van der Waals surface area contributed by atoms with E-state index in [1.807, 2.05) is 11.8 Å². The number of piperidine rings is 1. The lowest BCUT2D eigenvalue weighted by Crippen LogP contribution is -2.43. The smallest absolute Gasteiger partial charge is 0.308 e. The van der Waals surface area contributed by atoms with Gasteiger partial charge in [-0.1, -0.05) is 6.92 Å². The molecule has 1 aliphatic rings. The zero-order valence-electron chi connectivity index (χ0n) is 13.5. The molecule has 7 nitrogen and oxygen atoms in total. The Kier molecular flexibility index (Phi) is 5.92. The molecule has 7 heteroatoms. The van der Waals surface area contributed by atoms with Crippen molar-refractivity contribution < 1.29 is 19.4 Å². The Morgan fingerprint density at radius 2 is 2.22 bits per heavy atom. The van der Waals surface area contributed by atoms with Gasteiger partial charge in [0.1, 0.15) is 5.82 Å². The van der Waals surface area contributed by atoms with Crippen molar-refractivity contribution in [1.29, 1.82) is 0 Å². The first kappa shape index (κ1) is 17.2. The SMILES string of the molecule is COCCNC(=O)c1ccc(N2CC(C)CC(C(=O)O)C2)nc1. The van der Waals surface area contributed by atoms with Crippen LogP contribution < -0.4 is 10.2 Å². The number of hydrogen-bond donors (Lipinski definition) is 2. The van der Waals surface area contributed by atoms with Gasteiger partial charge in [0.05, 0.1) is 18.1 Å². The number of hydrogen-bond acceptors (Lipinski definition) is 5. The van der Waals surface area contributed by atoms with Gasteiger partial charge in [-0.05, 0) is 24.5 Å². The lowest BCUT2D eigenvalue weighted by atomic mass is 9.90. The van der Waals surface area contributed by atoms with Crippen LogP contribution in [0.5, 0.6) is 0 Å². The van der Waals surface area contributed by atoms with Gasteiger partial charge in [-0.25, -0.2) is 4.98 Å². The quantitative estimate of drug-likeness (QED) is 0.760. The summed E-state index contributed by atoms with van der Waals surface area (Å²) in [4.78, 5) is 29.4. The molecule has 0 radical (unpaired) electrons. The van der Waals surface area contributed by atoms with Gasteiger partial charge < -0.3 is 20.1 Å². The zero-order valence-corrected chi connectivity index (χ0v) is 13.5. The van der Waals surface area contributed by atoms with Crippen LogP contribution in [0, 0.1) is 11.8 Å². The molecule has 1 aliphatic heterocycles. The standard InChI is InChI=1S/C16H23N3O4/c1-11-7-13(16(21)22)10-19(9-11)14-4-3-12(8-18-14)15(20)17-5-6-23-2/h3-4,8,11,13H,5-7,9-10H2,1-2H3,(H,17,20)(H,21,22). The number of carboxylic acids is 1. The Bertz CT molecular complexity index is 547. The third-order valence-corrected chi connectivity index (χ3v) is 3.93. The number of nitrogens with zero attached hydrogens (tertiary/aromatic N) is 2. The maximum absolute atomic E-state index is 11.9. The number of ether oxygens (including phenoxy) is 1. The van der Waals surface area contributed by atoms with Gasteiger partial charge in [-0.3, -0.25) is 9.59 Å². The Labute approximate surface area is 135 Å². The van der Waals surface area contributed by atoms with Crippen molar-refractivity contribution in [2.75, 3.05) is 38.3 Å². The number of anilines is 1. The Morgan fingerprint density at radius 1 is 1.43 bits per heavy atom. The summed E-state index contributed by atoms with van der Waals surface area (Å²) in [5.74, 6) is -0.343. The monoisotopic (exact) mass is 321 g/mol. The van der Waals surface area contributed by atoms with E-state index in [1.165, 1.54) is 6.20 Å². The molecule has 1 aromatic heterocycles. The normalized spacial score (nSPS) is 21.0. The minimum Gasteiger partial charge on any atom is -0.481 e. The van der Waals surface area contributed by atoms with E-state index in [-0.39, 0.29) is 11.8 Å². The van der Waals surface area contributed by atoms with Crippen LogP contribution in [0.2, 0.25) is 0 Å². The Balaban J connectivity index is 2.01. The molecule has 0 aromatic carbocycles. The zero-order chi connectivity index (χ0) is 16.8. The summed E-state index contributed by atoms with van der Waals surface area (Å²) in [6.07, 6.45) is 2.21. The maximum atomic E-state index is 11.9. The van der Waals surface area contributed by atoms with Crippen molar-refractivity contribution in [3.8, 4) is 0 Å². The molecular weight excluding hydrogens is 298 g/mol. The average molecular weight is 321 g/mol. The highest BCUT2D eigenvalue weighted by molar-refractivity contribution is 5.94. The number of amides is 1. The highest BCUT2D eigenvalue weighted by atomic mass is 16.5. The Morgan fingerprint density at radius 3 is 2.83 bits per heavy atom. The summed E-state index contributed by atoms with van der Waals surface area (Å²) < 4.78 is 4.88. The van der Waals surface area contributed by atoms with Crippen LogP contribution in [0.3, 0.4) is 0 Å². The van der Waals surface area contributed by atoms with Gasteiger partial charge in [-0.2, -0.15) is 0 Å². The third kappa shape index (κ3) is 4.66. The first-order chi connectivity index (χ1) is 11.0. The minimum absolute atomic E-state index is 0.198. The molecular formula is C16H23N3O4. The van der Waals surface area contributed by atoms with Crippen molar-refractivity contribution in [1.82, 2.24) is 10.3 Å². The predicted octanol–water partition coefficient (Wildman–Crippen LogP) is 1.00. The van der Waals surface area contributed by atoms with E-state index in [4.69, 9.17) is 4.74 Å². The summed E-state index contributed by atoms with van der Waals surface area (Å²) in [6.45, 7) is 4.17. The summed E-state index contributed by atoms with van der Waals surface area (Å²) in [7, 11) is 1.58. The number of carboxylic acid groups (broad SMARTS) is 1. The molecule has 23 heavy (non-hydrogen) atoms. The van der Waals surface area contributed by atoms with Gasteiger partial charge in [-0.15, -0.1) is 0 Å². The maximum Gasteiger partial charge on any atom is 0.308 e. The van der Waals surface area contributed by atoms with Crippen molar-refractivity contribution in [3.63, 3.8) is 0 Å². The number of aliphatic carboxylic acids is 1. The number of methoxy groups -OCH3 is 1. The lowest BCUT2D eigenvalue weighted by Gasteiger charge is -2.35. The molecule has 1 amide bonds. The molecule has 1 aromatic rings. The molecule has 0 spiro atoms. The van der Waals surface area contributed by atoms with Crippen LogP contribution in [0.25, 0.3) is 0 Å². The fraction of sp³-hybridized carbons (Fsp3) is 0.562. The highest BCUT2D eigenvalue weighted by Crippen LogP contribution is 2.25. The van der Waals surface area contributed by atoms with Crippen LogP contribution in [0.1, 0.15) is 23.7 Å². The van der Waals surface area contributed by atoms with E-state index in [1.54, 1.807) is 19.2 Å². The topological polar surface area (TPSA) is 91.8 Å². The molecule has 0 aliphatic carbocycles. The first-order valence-corrected chi connectivity index (χ1v) is 7.72. The molecule has 2 N–H and O–H groups in total. The van der Waals surface area contributed by atoms with Crippen LogP contribution >= 0.6 is 0 Å². The average Bonchev–Trinajstić information content (AvgIpc) is 2.54. The molecule has 1 fully saturated rings. The number of carbonyl (C=O) groups is 2. The van der Waals surface area contributed by atoms with Gasteiger partial charge >= 0.3 is 5.97 Å². The largest absolute Gasteiger partial charge is 0.481 e. The van der Waals surface area contributed by atoms with E-state index in [2.05, 4.69) is 10.3 Å². The van der Waals surface area contributed by atoms with Gasteiger partial charge in [0.15, 0.2) is 0 Å². The second-order valence-electron chi connectivity index (χ2n) is 5.93. The lowest BCUT2D eigenvalue weighted by molar-refractivity contribution is -0.142. The number of pyridine rings is 1. The molecule has 1 saturated heterocycles. The number of nitrogens with one attached hydrogen (secondary N) is 1. The number of rotatable bonds is 6. The van der Waals surface area contributed by atoms with E-state index in [0.29, 0.717) is 43.4 Å². The Hall–Kier alpha value is -2.15. The van der Waals surface area contributed by atoms with Crippen molar-refractivity contribution >= 4 is 17.7 Å². The number of carbonyl (C=O) groups excluding carboxylic acids is 1. The minimum atomic E-state index is -0.768. The molecule has 2 heterocycles. The molecule has 126 valence electrons. The third-order valence-electron chi connectivity index (χ3n) is 3.93. The van der Waals surface area contributed by atoms with Crippen LogP contribution in [0.4, 0.5) is 5.82 Å². The van der Waals surface area contributed by atoms with Gasteiger partial charge in [0, 0.05) is 32.9 Å². The molecule has 0 bridgehead atoms. The first-order valence-electron chi connectivity index (χ1n) is 7.72. The van der Waals surface area contributed by atoms with Crippen molar-refractivity contribution in [2.24, 2.45) is 11.8 Å². The molecule has 0 saturated carbocycles. The van der Waals surface area contributed by atoms with Crippen molar-refractivity contribution in [2.45, 2.75) is 13.3 Å². The van der Waals surface area contributed by atoms with Crippen LogP contribution in [0.15, 0.2) is 18.3 Å². The van der Waals surface area contributed by atoms with Gasteiger partial charge in [0.25, 0.3) is 5.91 Å². The van der Waals surface area contributed by atoms with Gasteiger partial charge in [0.2, 0.25) is 0 Å². The number of aromatic nitrogens is 1.